The highest BCUT2D eigenvalue weighted by molar-refractivity contribution is 6.11. The molecule has 104 valence electrons. The van der Waals surface area contributed by atoms with Crippen molar-refractivity contribution in [3.8, 4) is 0 Å². The number of rotatable bonds is 3. The number of fused-ring (bicyclic) bond motifs is 1. The first kappa shape index (κ1) is 13.1. The van der Waals surface area contributed by atoms with Crippen molar-refractivity contribution in [3.05, 3.63) is 66.5 Å². The van der Waals surface area contributed by atoms with Crippen LogP contribution >= 0.6 is 0 Å². The van der Waals surface area contributed by atoms with Gasteiger partial charge in [0.15, 0.2) is 0 Å². The van der Waals surface area contributed by atoms with Crippen LogP contribution in [0.5, 0.6) is 0 Å². The highest BCUT2D eigenvalue weighted by Gasteiger charge is 2.31. The quantitative estimate of drug-likeness (QED) is 0.936. The van der Waals surface area contributed by atoms with Crippen LogP contribution in [0.4, 0.5) is 5.69 Å². The summed E-state index contributed by atoms with van der Waals surface area (Å²) in [5.74, 6) is -0.469. The summed E-state index contributed by atoms with van der Waals surface area (Å²) in [5.41, 5.74) is 2.56. The average molecular weight is 279 g/mol. The van der Waals surface area contributed by atoms with Crippen LogP contribution in [-0.4, -0.2) is 28.2 Å². The zero-order valence-electron chi connectivity index (χ0n) is 11.2. The van der Waals surface area contributed by atoms with Crippen LogP contribution < -0.4 is 5.32 Å². The fourth-order valence-electron chi connectivity index (χ4n) is 2.28. The third-order valence-corrected chi connectivity index (χ3v) is 3.31. The standard InChI is InChI=1S/C16H13N3O2/c1-11-13-4-2-3-5-14(13)16(21)19(11)10-15(20)18-12-6-8-17-9-7-12/h2-9H,1,10H2,(H,17,18,20). The third kappa shape index (κ3) is 2.41. The van der Waals surface area contributed by atoms with E-state index in [0.717, 1.165) is 5.56 Å². The highest BCUT2D eigenvalue weighted by Crippen LogP contribution is 2.30. The average Bonchev–Trinajstić information content (AvgIpc) is 2.74. The zero-order chi connectivity index (χ0) is 14.8. The number of anilines is 1. The molecule has 0 saturated carbocycles. The Morgan fingerprint density at radius 2 is 1.81 bits per heavy atom. The molecule has 5 nitrogen and oxygen atoms in total. The molecule has 1 aromatic carbocycles. The molecule has 0 unspecified atom stereocenters. The molecule has 1 aromatic heterocycles. The molecule has 0 saturated heterocycles. The lowest BCUT2D eigenvalue weighted by atomic mass is 10.1. The number of pyridine rings is 1. The van der Waals surface area contributed by atoms with E-state index in [9.17, 15) is 9.59 Å². The Kier molecular flexibility index (Phi) is 3.23. The second-order valence-electron chi connectivity index (χ2n) is 4.67. The van der Waals surface area contributed by atoms with Crippen molar-refractivity contribution in [1.82, 2.24) is 9.88 Å². The van der Waals surface area contributed by atoms with Crippen LogP contribution in [-0.2, 0) is 4.79 Å². The second-order valence-corrected chi connectivity index (χ2v) is 4.67. The molecule has 2 aromatic rings. The molecule has 0 spiro atoms. The largest absolute Gasteiger partial charge is 0.324 e. The summed E-state index contributed by atoms with van der Waals surface area (Å²) in [4.78, 5) is 29.6. The molecule has 0 radical (unpaired) electrons. The minimum atomic E-state index is -0.275. The number of benzene rings is 1. The predicted molar refractivity (Wildman–Crippen MR) is 79.4 cm³/mol. The van der Waals surface area contributed by atoms with Gasteiger partial charge in [0.25, 0.3) is 5.91 Å². The monoisotopic (exact) mass is 279 g/mol. The van der Waals surface area contributed by atoms with Crippen molar-refractivity contribution in [2.75, 3.05) is 11.9 Å². The van der Waals surface area contributed by atoms with E-state index >= 15 is 0 Å². The lowest BCUT2D eigenvalue weighted by Gasteiger charge is -2.16. The number of aromatic nitrogens is 1. The summed E-state index contributed by atoms with van der Waals surface area (Å²) < 4.78 is 0. The van der Waals surface area contributed by atoms with E-state index in [0.29, 0.717) is 16.9 Å². The van der Waals surface area contributed by atoms with Gasteiger partial charge >= 0.3 is 0 Å². The molecule has 21 heavy (non-hydrogen) atoms. The Hall–Kier alpha value is -2.95. The molecule has 0 bridgehead atoms. The smallest absolute Gasteiger partial charge is 0.259 e. The van der Waals surface area contributed by atoms with Gasteiger partial charge in [-0.2, -0.15) is 0 Å². The van der Waals surface area contributed by atoms with E-state index in [2.05, 4.69) is 16.9 Å². The number of nitrogens with zero attached hydrogens (tertiary/aromatic N) is 2. The summed E-state index contributed by atoms with van der Waals surface area (Å²) in [6, 6.07) is 10.6. The van der Waals surface area contributed by atoms with Crippen molar-refractivity contribution in [3.63, 3.8) is 0 Å². The van der Waals surface area contributed by atoms with Crippen LogP contribution in [0.1, 0.15) is 15.9 Å². The van der Waals surface area contributed by atoms with Gasteiger partial charge in [-0.15, -0.1) is 0 Å². The first-order valence-corrected chi connectivity index (χ1v) is 6.47. The van der Waals surface area contributed by atoms with Crippen LogP contribution in [0.2, 0.25) is 0 Å². The fourth-order valence-corrected chi connectivity index (χ4v) is 2.28. The number of carbonyl (C=O) groups is 2. The van der Waals surface area contributed by atoms with Crippen LogP contribution in [0.3, 0.4) is 0 Å². The van der Waals surface area contributed by atoms with Gasteiger partial charge in [0, 0.05) is 34.9 Å². The SMILES string of the molecule is C=C1c2ccccc2C(=O)N1CC(=O)Nc1ccncc1. The van der Waals surface area contributed by atoms with Gasteiger partial charge in [-0.3, -0.25) is 19.5 Å². The number of nitrogens with one attached hydrogen (secondary N) is 1. The van der Waals surface area contributed by atoms with Crippen molar-refractivity contribution in [1.29, 1.82) is 0 Å². The molecular weight excluding hydrogens is 266 g/mol. The molecule has 1 aliphatic heterocycles. The minimum absolute atomic E-state index is 0.0608. The van der Waals surface area contributed by atoms with E-state index in [1.165, 1.54) is 4.90 Å². The third-order valence-electron chi connectivity index (χ3n) is 3.31. The van der Waals surface area contributed by atoms with Gasteiger partial charge in [-0.05, 0) is 18.2 Å². The number of hydrogen-bond acceptors (Lipinski definition) is 3. The lowest BCUT2D eigenvalue weighted by molar-refractivity contribution is -0.116. The summed E-state index contributed by atoms with van der Waals surface area (Å²) in [5, 5.41) is 2.72. The van der Waals surface area contributed by atoms with Crippen molar-refractivity contribution in [2.24, 2.45) is 0 Å². The van der Waals surface area contributed by atoms with Gasteiger partial charge in [-0.1, -0.05) is 24.8 Å². The van der Waals surface area contributed by atoms with Gasteiger partial charge < -0.3 is 5.32 Å². The maximum Gasteiger partial charge on any atom is 0.259 e. The molecule has 2 amide bonds. The first-order valence-electron chi connectivity index (χ1n) is 6.47. The molecule has 2 heterocycles. The molecular formula is C16H13N3O2. The molecule has 5 heteroatoms. The summed E-state index contributed by atoms with van der Waals surface area (Å²) in [7, 11) is 0. The number of carbonyl (C=O) groups excluding carboxylic acids is 2. The normalized spacial score (nSPS) is 13.2. The summed E-state index contributed by atoms with van der Waals surface area (Å²) >= 11 is 0. The number of hydrogen-bond donors (Lipinski definition) is 1. The van der Waals surface area contributed by atoms with Gasteiger partial charge in [0.1, 0.15) is 6.54 Å². The van der Waals surface area contributed by atoms with Gasteiger partial charge in [0.05, 0.1) is 0 Å². The van der Waals surface area contributed by atoms with Gasteiger partial charge in [0.2, 0.25) is 5.91 Å². The Morgan fingerprint density at radius 1 is 1.14 bits per heavy atom. The van der Waals surface area contributed by atoms with E-state index in [-0.39, 0.29) is 18.4 Å². The van der Waals surface area contributed by atoms with E-state index < -0.39 is 0 Å². The van der Waals surface area contributed by atoms with Crippen molar-refractivity contribution < 1.29 is 9.59 Å². The fraction of sp³-hybridized carbons (Fsp3) is 0.0625. The molecule has 1 aliphatic rings. The van der Waals surface area contributed by atoms with Crippen LogP contribution in [0.25, 0.3) is 5.70 Å². The Labute approximate surface area is 121 Å². The Bertz CT molecular complexity index is 690. The highest BCUT2D eigenvalue weighted by atomic mass is 16.2. The van der Waals surface area contributed by atoms with Crippen LogP contribution in [0.15, 0.2) is 55.4 Å². The summed E-state index contributed by atoms with van der Waals surface area (Å²) in [6.45, 7) is 3.84. The topological polar surface area (TPSA) is 62.3 Å². The van der Waals surface area contributed by atoms with E-state index in [4.69, 9.17) is 0 Å². The van der Waals surface area contributed by atoms with Gasteiger partial charge in [-0.25, -0.2) is 0 Å². The molecule has 0 aliphatic carbocycles. The molecule has 0 atom stereocenters. The summed E-state index contributed by atoms with van der Waals surface area (Å²) in [6.07, 6.45) is 3.18. The minimum Gasteiger partial charge on any atom is -0.324 e. The molecule has 1 N–H and O–H groups in total. The number of amides is 2. The first-order chi connectivity index (χ1) is 10.2. The Balaban J connectivity index is 1.73. The maximum atomic E-state index is 12.3. The van der Waals surface area contributed by atoms with E-state index in [1.807, 2.05) is 12.1 Å². The second kappa shape index (κ2) is 5.20. The van der Waals surface area contributed by atoms with Crippen molar-refractivity contribution >= 4 is 23.2 Å². The zero-order valence-corrected chi connectivity index (χ0v) is 11.2. The Morgan fingerprint density at radius 3 is 2.48 bits per heavy atom. The molecule has 3 rings (SSSR count). The lowest BCUT2D eigenvalue weighted by Crippen LogP contribution is -2.32. The van der Waals surface area contributed by atoms with Crippen molar-refractivity contribution in [2.45, 2.75) is 0 Å². The van der Waals surface area contributed by atoms with E-state index in [1.54, 1.807) is 36.7 Å². The molecule has 0 fully saturated rings. The predicted octanol–water partition coefficient (Wildman–Crippen LogP) is 2.15. The maximum absolute atomic E-state index is 12.3. The van der Waals surface area contributed by atoms with Crippen LogP contribution in [0, 0.1) is 0 Å².